The summed E-state index contributed by atoms with van der Waals surface area (Å²) in [5.74, 6) is -1.45. The van der Waals surface area contributed by atoms with Crippen LogP contribution in [0.25, 0.3) is 11.1 Å². The zero-order valence-electron chi connectivity index (χ0n) is 15.5. The van der Waals surface area contributed by atoms with Crippen LogP contribution >= 0.6 is 0 Å². The normalized spacial score (nSPS) is 12.3. The number of ether oxygens (including phenoxy) is 1. The standard InChI is InChI=1S/C20H16N2O7S/c1-21-30(27,28)12-8-13(20(25)26)19-18(9-12)29-17-7-11(2-4-14(17)22-19)10-3-5-15(23)16(24)6-10/h2-9,21-24H,1H3,(H,25,26). The number of phenols is 2. The molecule has 0 spiro atoms. The van der Waals surface area contributed by atoms with E-state index < -0.39 is 16.0 Å². The number of aromatic hydroxyl groups is 2. The molecule has 3 aromatic carbocycles. The van der Waals surface area contributed by atoms with Crippen LogP contribution in [-0.4, -0.2) is 36.8 Å². The fourth-order valence-electron chi connectivity index (χ4n) is 3.09. The number of benzene rings is 3. The highest BCUT2D eigenvalue weighted by atomic mass is 32.2. The Morgan fingerprint density at radius 1 is 0.967 bits per heavy atom. The molecule has 0 aliphatic carbocycles. The van der Waals surface area contributed by atoms with Gasteiger partial charge in [-0.25, -0.2) is 17.9 Å². The summed E-state index contributed by atoms with van der Waals surface area (Å²) in [4.78, 5) is 11.5. The highest BCUT2D eigenvalue weighted by Crippen LogP contribution is 2.46. The summed E-state index contributed by atoms with van der Waals surface area (Å²) in [6.07, 6.45) is 0. The maximum Gasteiger partial charge on any atom is 0.338 e. The zero-order valence-corrected chi connectivity index (χ0v) is 16.3. The molecule has 5 N–H and O–H groups in total. The van der Waals surface area contributed by atoms with Gasteiger partial charge in [0.25, 0.3) is 0 Å². The van der Waals surface area contributed by atoms with Crippen LogP contribution in [0.5, 0.6) is 23.0 Å². The Balaban J connectivity index is 1.81. The molecule has 9 nitrogen and oxygen atoms in total. The largest absolute Gasteiger partial charge is 0.504 e. The van der Waals surface area contributed by atoms with Gasteiger partial charge in [-0.2, -0.15) is 0 Å². The summed E-state index contributed by atoms with van der Waals surface area (Å²) in [5, 5.41) is 31.7. The lowest BCUT2D eigenvalue weighted by Crippen LogP contribution is -2.20. The van der Waals surface area contributed by atoms with E-state index in [1.807, 2.05) is 0 Å². The molecule has 154 valence electrons. The van der Waals surface area contributed by atoms with Crippen LogP contribution < -0.4 is 14.8 Å². The predicted octanol–water partition coefficient (Wildman–Crippen LogP) is 3.22. The Labute approximate surface area is 171 Å². The molecule has 0 radical (unpaired) electrons. The molecular formula is C20H16N2O7S. The molecule has 4 rings (SSSR count). The summed E-state index contributed by atoms with van der Waals surface area (Å²) in [7, 11) is -2.67. The maximum atomic E-state index is 12.2. The number of fused-ring (bicyclic) bond motifs is 2. The van der Waals surface area contributed by atoms with Crippen LogP contribution in [0.4, 0.5) is 11.4 Å². The van der Waals surface area contributed by atoms with E-state index in [-0.39, 0.29) is 33.4 Å². The van der Waals surface area contributed by atoms with Crippen LogP contribution in [0, 0.1) is 0 Å². The van der Waals surface area contributed by atoms with Crippen molar-refractivity contribution >= 4 is 27.4 Å². The van der Waals surface area contributed by atoms with Gasteiger partial charge in [-0.1, -0.05) is 12.1 Å². The Morgan fingerprint density at radius 2 is 1.67 bits per heavy atom. The summed E-state index contributed by atoms with van der Waals surface area (Å²) in [6.45, 7) is 0. The molecule has 0 atom stereocenters. The number of carbonyl (C=O) groups is 1. The lowest BCUT2D eigenvalue weighted by atomic mass is 10.0. The molecule has 1 aliphatic rings. The summed E-state index contributed by atoms with van der Waals surface area (Å²) < 4.78 is 32.3. The van der Waals surface area contributed by atoms with Gasteiger partial charge in [-0.05, 0) is 48.5 Å². The van der Waals surface area contributed by atoms with Crippen molar-refractivity contribution in [3.63, 3.8) is 0 Å². The van der Waals surface area contributed by atoms with Gasteiger partial charge < -0.3 is 25.4 Å². The molecule has 0 saturated carbocycles. The molecule has 0 saturated heterocycles. The molecule has 0 fully saturated rings. The van der Waals surface area contributed by atoms with Crippen molar-refractivity contribution in [2.24, 2.45) is 0 Å². The molecule has 0 unspecified atom stereocenters. The second-order valence-electron chi connectivity index (χ2n) is 6.50. The van der Waals surface area contributed by atoms with Gasteiger partial charge in [0.1, 0.15) is 0 Å². The van der Waals surface area contributed by atoms with Gasteiger partial charge >= 0.3 is 5.97 Å². The highest BCUT2D eigenvalue weighted by Gasteiger charge is 2.27. The van der Waals surface area contributed by atoms with Crippen LogP contribution in [0.2, 0.25) is 0 Å². The molecule has 0 aromatic heterocycles. The van der Waals surface area contributed by atoms with Crippen molar-refractivity contribution < 1.29 is 33.3 Å². The van der Waals surface area contributed by atoms with Crippen LogP contribution in [-0.2, 0) is 10.0 Å². The smallest absolute Gasteiger partial charge is 0.338 e. The highest BCUT2D eigenvalue weighted by molar-refractivity contribution is 7.89. The number of phenolic OH excluding ortho intramolecular Hbond substituents is 2. The first-order valence-corrected chi connectivity index (χ1v) is 10.1. The van der Waals surface area contributed by atoms with Crippen LogP contribution in [0.3, 0.4) is 0 Å². The maximum absolute atomic E-state index is 12.2. The molecule has 3 aromatic rings. The van der Waals surface area contributed by atoms with Crippen molar-refractivity contribution in [2.45, 2.75) is 4.90 Å². The predicted molar refractivity (Wildman–Crippen MR) is 108 cm³/mol. The van der Waals surface area contributed by atoms with Crippen molar-refractivity contribution in [3.05, 3.63) is 54.1 Å². The molecule has 1 heterocycles. The quantitative estimate of drug-likeness (QED) is 0.312. The van der Waals surface area contributed by atoms with Crippen molar-refractivity contribution in [1.29, 1.82) is 0 Å². The number of nitrogens with one attached hydrogen (secondary N) is 2. The van der Waals surface area contributed by atoms with Gasteiger partial charge in [0.15, 0.2) is 23.0 Å². The first-order chi connectivity index (χ1) is 14.2. The minimum atomic E-state index is -3.90. The monoisotopic (exact) mass is 428 g/mol. The third kappa shape index (κ3) is 3.27. The van der Waals surface area contributed by atoms with Crippen molar-refractivity contribution in [3.8, 4) is 34.1 Å². The Hall–Kier alpha value is -3.76. The SMILES string of the molecule is CNS(=O)(=O)c1cc2c(c(C(=O)O)c1)Nc1ccc(-c3ccc(O)c(O)c3)cc1O2. The second kappa shape index (κ2) is 6.94. The molecule has 1 aliphatic heterocycles. The first-order valence-electron chi connectivity index (χ1n) is 8.66. The number of carboxylic acids is 1. The van der Waals surface area contributed by atoms with E-state index in [1.165, 1.54) is 25.2 Å². The topological polar surface area (TPSA) is 145 Å². The second-order valence-corrected chi connectivity index (χ2v) is 8.38. The van der Waals surface area contributed by atoms with Gasteiger partial charge in [0.05, 0.1) is 21.8 Å². The molecular weight excluding hydrogens is 412 g/mol. The molecule has 0 amide bonds. The van der Waals surface area contributed by atoms with Gasteiger partial charge in [-0.15, -0.1) is 0 Å². The number of carboxylic acid groups (broad SMARTS) is 1. The fraction of sp³-hybridized carbons (Fsp3) is 0.0500. The minimum absolute atomic E-state index is 0.0435. The number of aromatic carboxylic acids is 1. The zero-order chi connectivity index (χ0) is 21.6. The van der Waals surface area contributed by atoms with Crippen LogP contribution in [0.15, 0.2) is 53.4 Å². The number of anilines is 2. The molecule has 30 heavy (non-hydrogen) atoms. The average Bonchev–Trinajstić information content (AvgIpc) is 2.72. The third-order valence-corrected chi connectivity index (χ3v) is 6.05. The Morgan fingerprint density at radius 3 is 2.33 bits per heavy atom. The van der Waals surface area contributed by atoms with Gasteiger partial charge in [0, 0.05) is 6.07 Å². The summed E-state index contributed by atoms with van der Waals surface area (Å²) >= 11 is 0. The molecule has 0 bridgehead atoms. The van der Waals surface area contributed by atoms with E-state index in [1.54, 1.807) is 24.3 Å². The lowest BCUT2D eigenvalue weighted by molar-refractivity contribution is 0.0697. The average molecular weight is 428 g/mol. The van der Waals surface area contributed by atoms with Gasteiger partial charge in [0.2, 0.25) is 10.0 Å². The Bertz CT molecular complexity index is 1300. The minimum Gasteiger partial charge on any atom is -0.504 e. The summed E-state index contributed by atoms with van der Waals surface area (Å²) in [6, 6.07) is 11.7. The van der Waals surface area contributed by atoms with Crippen LogP contribution in [0.1, 0.15) is 10.4 Å². The van der Waals surface area contributed by atoms with Gasteiger partial charge in [-0.3, -0.25) is 0 Å². The number of hydrogen-bond donors (Lipinski definition) is 5. The van der Waals surface area contributed by atoms with E-state index in [2.05, 4.69) is 10.0 Å². The van der Waals surface area contributed by atoms with Crippen molar-refractivity contribution in [1.82, 2.24) is 4.72 Å². The lowest BCUT2D eigenvalue weighted by Gasteiger charge is -2.24. The third-order valence-electron chi connectivity index (χ3n) is 4.66. The van der Waals surface area contributed by atoms with E-state index in [4.69, 9.17) is 4.74 Å². The summed E-state index contributed by atoms with van der Waals surface area (Å²) in [5.41, 5.74) is 1.65. The van der Waals surface area contributed by atoms with Crippen molar-refractivity contribution in [2.75, 3.05) is 12.4 Å². The fourth-order valence-corrected chi connectivity index (χ4v) is 3.86. The number of rotatable bonds is 4. The van der Waals surface area contributed by atoms with E-state index in [9.17, 15) is 28.5 Å². The van der Waals surface area contributed by atoms with E-state index in [0.29, 0.717) is 22.6 Å². The first kappa shape index (κ1) is 19.6. The number of sulfonamides is 1. The van der Waals surface area contributed by atoms with E-state index in [0.717, 1.165) is 6.07 Å². The van der Waals surface area contributed by atoms with E-state index >= 15 is 0 Å². The molecule has 10 heteroatoms. The Kier molecular flexibility index (Phi) is 4.52. The number of hydrogen-bond acceptors (Lipinski definition) is 7.